The Morgan fingerprint density at radius 1 is 1.22 bits per heavy atom. The summed E-state index contributed by atoms with van der Waals surface area (Å²) in [5, 5.41) is 3.95. The molecule has 3 aromatic rings. The molecule has 2 amide bonds. The van der Waals surface area contributed by atoms with Crippen molar-refractivity contribution >= 4 is 32.8 Å². The molecule has 0 spiro atoms. The van der Waals surface area contributed by atoms with Gasteiger partial charge in [-0.2, -0.15) is 0 Å². The third-order valence-corrected chi connectivity index (χ3v) is 6.98. The van der Waals surface area contributed by atoms with Crippen LogP contribution in [-0.2, 0) is 21.4 Å². The Morgan fingerprint density at radius 3 is 2.53 bits per heavy atom. The molecule has 0 aliphatic carbocycles. The lowest BCUT2D eigenvalue weighted by Gasteiger charge is -2.23. The highest BCUT2D eigenvalue weighted by Gasteiger charge is 2.63. The van der Waals surface area contributed by atoms with Gasteiger partial charge in [-0.15, -0.1) is 0 Å². The third-order valence-electron chi connectivity index (χ3n) is 6.27. The van der Waals surface area contributed by atoms with Gasteiger partial charge >= 0.3 is 6.03 Å². The number of hydrogen-bond donors (Lipinski definition) is 1. The molecular formula is C22H20F4N4O5S. The normalized spacial score (nSPS) is 21.6. The summed E-state index contributed by atoms with van der Waals surface area (Å²) in [5.41, 5.74) is 0.176. The van der Waals surface area contributed by atoms with E-state index in [0.717, 1.165) is 28.2 Å². The highest BCUT2D eigenvalue weighted by atomic mass is 32.2. The number of nitrogens with one attached hydrogen (secondary N) is 1. The van der Waals surface area contributed by atoms with Gasteiger partial charge in [0.05, 0.1) is 30.4 Å². The SMILES string of the molecule is COCc1cc(-c2c(F)cccc2F)c2c(N3C[C@H]4N(C[C@@H](NS(C)(=O)=O)C4(F)F)C3=O)noc2c1. The highest BCUT2D eigenvalue weighted by molar-refractivity contribution is 7.88. The van der Waals surface area contributed by atoms with Gasteiger partial charge in [-0.05, 0) is 29.8 Å². The van der Waals surface area contributed by atoms with Gasteiger partial charge in [0.2, 0.25) is 10.0 Å². The van der Waals surface area contributed by atoms with E-state index in [2.05, 4.69) is 5.16 Å². The molecular weight excluding hydrogens is 508 g/mol. The molecule has 1 aromatic heterocycles. The number of nitrogens with zero attached hydrogens (tertiary/aromatic N) is 3. The van der Waals surface area contributed by atoms with Crippen LogP contribution >= 0.6 is 0 Å². The van der Waals surface area contributed by atoms with Crippen molar-refractivity contribution < 1.29 is 40.0 Å². The van der Waals surface area contributed by atoms with Crippen LogP contribution in [0, 0.1) is 11.6 Å². The lowest BCUT2D eigenvalue weighted by Crippen LogP contribution is -2.50. The van der Waals surface area contributed by atoms with Crippen LogP contribution in [-0.4, -0.2) is 69.0 Å². The number of hydrogen-bond acceptors (Lipinski definition) is 6. The fourth-order valence-corrected chi connectivity index (χ4v) is 5.52. The standard InChI is InChI=1S/C22H20F4N4O5S/c1-34-10-11-6-12(18-13(23)4-3-5-14(18)24)19-15(7-11)35-27-20(19)30-9-17-22(25,26)16(28-36(2,32)33)8-29(17)21(30)31/h3-7,16-17,28H,8-10H2,1-2H3/t16-,17-/m1/s1. The number of rotatable bonds is 6. The number of benzene rings is 2. The van der Waals surface area contributed by atoms with Crippen LogP contribution < -0.4 is 9.62 Å². The van der Waals surface area contributed by atoms with Crippen molar-refractivity contribution in [2.24, 2.45) is 0 Å². The number of ether oxygens (including phenoxy) is 1. The van der Waals surface area contributed by atoms with Crippen LogP contribution in [0.2, 0.25) is 0 Å². The smallest absolute Gasteiger partial charge is 0.326 e. The van der Waals surface area contributed by atoms with Gasteiger partial charge in [0, 0.05) is 19.2 Å². The van der Waals surface area contributed by atoms with Crippen LogP contribution in [0.5, 0.6) is 0 Å². The van der Waals surface area contributed by atoms with Gasteiger partial charge < -0.3 is 14.2 Å². The number of carbonyl (C=O) groups excluding carboxylic acids is 1. The Hall–Kier alpha value is -3.23. The number of sulfonamides is 1. The molecule has 2 aliphatic heterocycles. The average molecular weight is 528 g/mol. The van der Waals surface area contributed by atoms with E-state index in [9.17, 15) is 22.0 Å². The molecule has 2 fully saturated rings. The second-order valence-electron chi connectivity index (χ2n) is 8.73. The van der Waals surface area contributed by atoms with Crippen molar-refractivity contribution in [2.75, 3.05) is 31.4 Å². The molecule has 1 N–H and O–H groups in total. The molecule has 2 aromatic carbocycles. The van der Waals surface area contributed by atoms with E-state index in [-0.39, 0.29) is 29.0 Å². The van der Waals surface area contributed by atoms with Crippen LogP contribution in [0.1, 0.15) is 5.56 Å². The zero-order valence-electron chi connectivity index (χ0n) is 19.0. The Balaban J connectivity index is 1.61. The minimum atomic E-state index is -3.96. The van der Waals surface area contributed by atoms with Gasteiger partial charge in [0.1, 0.15) is 23.7 Å². The first-order valence-electron chi connectivity index (χ1n) is 10.7. The van der Waals surface area contributed by atoms with Crippen LogP contribution in [0.15, 0.2) is 34.9 Å². The van der Waals surface area contributed by atoms with E-state index < -0.39 is 64.3 Å². The second kappa shape index (κ2) is 8.42. The van der Waals surface area contributed by atoms with Crippen molar-refractivity contribution in [3.8, 4) is 11.1 Å². The molecule has 2 atom stereocenters. The van der Waals surface area contributed by atoms with E-state index in [1.807, 2.05) is 4.72 Å². The van der Waals surface area contributed by atoms with Crippen LogP contribution in [0.25, 0.3) is 22.1 Å². The van der Waals surface area contributed by atoms with Gasteiger partial charge in [0.15, 0.2) is 11.4 Å². The fraction of sp³-hybridized carbons (Fsp3) is 0.364. The van der Waals surface area contributed by atoms with E-state index in [4.69, 9.17) is 9.26 Å². The van der Waals surface area contributed by atoms with Gasteiger partial charge in [-0.3, -0.25) is 4.90 Å². The summed E-state index contributed by atoms with van der Waals surface area (Å²) in [6.07, 6.45) is 0.753. The minimum absolute atomic E-state index is 0.00893. The summed E-state index contributed by atoms with van der Waals surface area (Å²) in [6, 6.07) is 1.97. The molecule has 0 unspecified atom stereocenters. The van der Waals surface area contributed by atoms with Gasteiger partial charge in [-0.25, -0.2) is 35.5 Å². The summed E-state index contributed by atoms with van der Waals surface area (Å²) in [4.78, 5) is 15.0. The topological polar surface area (TPSA) is 105 Å². The Labute approximate surface area is 202 Å². The molecule has 2 aliphatic rings. The minimum Gasteiger partial charge on any atom is -0.380 e. The lowest BCUT2D eigenvalue weighted by molar-refractivity contribution is -0.0324. The van der Waals surface area contributed by atoms with Crippen LogP contribution in [0.3, 0.4) is 0 Å². The summed E-state index contributed by atoms with van der Waals surface area (Å²) in [7, 11) is -2.52. The van der Waals surface area contributed by atoms with Crippen molar-refractivity contribution in [3.05, 3.63) is 47.5 Å². The summed E-state index contributed by atoms with van der Waals surface area (Å²) in [5.74, 6) is -5.53. The van der Waals surface area contributed by atoms with Crippen LogP contribution in [0.4, 0.5) is 28.2 Å². The molecule has 0 saturated carbocycles. The Kier molecular flexibility index (Phi) is 5.72. The zero-order valence-corrected chi connectivity index (χ0v) is 19.8. The monoisotopic (exact) mass is 528 g/mol. The number of fused-ring (bicyclic) bond motifs is 2. The third kappa shape index (κ3) is 3.89. The van der Waals surface area contributed by atoms with E-state index in [1.165, 1.54) is 25.3 Å². The van der Waals surface area contributed by atoms with Crippen molar-refractivity contribution in [2.45, 2.75) is 24.6 Å². The number of methoxy groups -OCH3 is 1. The zero-order chi connectivity index (χ0) is 26.0. The van der Waals surface area contributed by atoms with E-state index in [0.29, 0.717) is 5.56 Å². The summed E-state index contributed by atoms with van der Waals surface area (Å²) in [6.45, 7) is -1.04. The Bertz CT molecular complexity index is 1460. The lowest BCUT2D eigenvalue weighted by atomic mass is 9.97. The number of anilines is 1. The molecule has 0 bridgehead atoms. The predicted molar refractivity (Wildman–Crippen MR) is 120 cm³/mol. The number of halogens is 4. The molecule has 5 rings (SSSR count). The maximum atomic E-state index is 15.1. The average Bonchev–Trinajstić information content (AvgIpc) is 3.40. The second-order valence-corrected chi connectivity index (χ2v) is 10.5. The Morgan fingerprint density at radius 2 is 1.92 bits per heavy atom. The first-order chi connectivity index (χ1) is 16.9. The molecule has 9 nitrogen and oxygen atoms in total. The maximum Gasteiger partial charge on any atom is 0.326 e. The fourth-order valence-electron chi connectivity index (χ4n) is 4.77. The first-order valence-corrected chi connectivity index (χ1v) is 12.6. The summed E-state index contributed by atoms with van der Waals surface area (Å²) >= 11 is 0. The molecule has 14 heteroatoms. The molecule has 36 heavy (non-hydrogen) atoms. The van der Waals surface area contributed by atoms with E-state index in [1.54, 1.807) is 0 Å². The molecule has 192 valence electrons. The van der Waals surface area contributed by atoms with Crippen molar-refractivity contribution in [1.29, 1.82) is 0 Å². The number of amides is 2. The summed E-state index contributed by atoms with van der Waals surface area (Å²) < 4.78 is 95.1. The number of urea groups is 1. The number of aromatic nitrogens is 1. The maximum absolute atomic E-state index is 15.1. The van der Waals surface area contributed by atoms with Gasteiger partial charge in [0.25, 0.3) is 5.92 Å². The van der Waals surface area contributed by atoms with Gasteiger partial charge in [-0.1, -0.05) is 11.2 Å². The first kappa shape index (κ1) is 24.5. The molecule has 3 heterocycles. The van der Waals surface area contributed by atoms with E-state index >= 15 is 8.78 Å². The molecule has 2 saturated heterocycles. The quantitative estimate of drug-likeness (QED) is 0.493. The number of alkyl halides is 2. The highest BCUT2D eigenvalue weighted by Crippen LogP contribution is 2.44. The number of carbonyl (C=O) groups is 1. The predicted octanol–water partition coefficient (Wildman–Crippen LogP) is 3.10. The molecule has 0 radical (unpaired) electrons. The largest absolute Gasteiger partial charge is 0.380 e. The van der Waals surface area contributed by atoms with Crippen molar-refractivity contribution in [3.63, 3.8) is 0 Å². The van der Waals surface area contributed by atoms with Crippen molar-refractivity contribution in [1.82, 2.24) is 14.8 Å².